The number of ether oxygens (including phenoxy) is 1. The van der Waals surface area contributed by atoms with Crippen molar-refractivity contribution in [2.45, 2.75) is 20.8 Å². The van der Waals surface area contributed by atoms with Crippen LogP contribution in [0.3, 0.4) is 0 Å². The number of nitrogens with one attached hydrogen (secondary N) is 2. The molecule has 1 aliphatic rings. The summed E-state index contributed by atoms with van der Waals surface area (Å²) in [5, 5.41) is 8.87. The number of carbonyl (C=O) groups is 1. The number of benzene rings is 1. The predicted octanol–water partition coefficient (Wildman–Crippen LogP) is 4.72. The van der Waals surface area contributed by atoms with Crippen LogP contribution >= 0.6 is 0 Å². The summed E-state index contributed by atoms with van der Waals surface area (Å²) in [6.07, 6.45) is 7.04. The number of urea groups is 1. The number of aromatic nitrogens is 1. The number of hydrazine groups is 1. The number of hydrogen-bond donors (Lipinski definition) is 2. The molecular formula is C22H22FN5O2. The van der Waals surface area contributed by atoms with Gasteiger partial charge in [-0.05, 0) is 35.3 Å². The average molecular weight is 407 g/mol. The fourth-order valence-corrected chi connectivity index (χ4v) is 2.72. The van der Waals surface area contributed by atoms with Gasteiger partial charge in [-0.1, -0.05) is 26.8 Å². The van der Waals surface area contributed by atoms with Crippen molar-refractivity contribution in [2.24, 2.45) is 5.41 Å². The largest absolute Gasteiger partial charge is 0.454 e. The first-order valence-corrected chi connectivity index (χ1v) is 9.31. The molecule has 2 heterocycles. The van der Waals surface area contributed by atoms with E-state index in [4.69, 9.17) is 10.00 Å². The van der Waals surface area contributed by atoms with Crippen LogP contribution in [0.25, 0.3) is 0 Å². The highest BCUT2D eigenvalue weighted by Crippen LogP contribution is 2.28. The van der Waals surface area contributed by atoms with Gasteiger partial charge in [0.25, 0.3) is 0 Å². The summed E-state index contributed by atoms with van der Waals surface area (Å²) in [5.74, 6) is -0.338. The minimum absolute atomic E-state index is 0.0132. The van der Waals surface area contributed by atoms with Crippen molar-refractivity contribution in [3.05, 3.63) is 72.0 Å². The molecule has 0 fully saturated rings. The van der Waals surface area contributed by atoms with Crippen LogP contribution in [-0.4, -0.2) is 22.5 Å². The zero-order valence-corrected chi connectivity index (χ0v) is 16.9. The van der Waals surface area contributed by atoms with Crippen LogP contribution in [0.4, 0.5) is 14.9 Å². The standard InChI is InChI=1S/C22H22FN5O2/c1-22(2,3)15-7-10-28(11-8-15)21(29)27-26-16-4-5-20(19(23)13-16)30-18-6-9-25-17(12-18)14-24/h4-10,12-13,26H,11H2,1-3H3,(H,27,29). The molecule has 0 atom stereocenters. The number of anilines is 1. The molecule has 0 saturated heterocycles. The smallest absolute Gasteiger partial charge is 0.340 e. The van der Waals surface area contributed by atoms with Gasteiger partial charge in [0.15, 0.2) is 11.6 Å². The second-order valence-electron chi connectivity index (χ2n) is 7.67. The van der Waals surface area contributed by atoms with Gasteiger partial charge in [0.05, 0.1) is 5.69 Å². The van der Waals surface area contributed by atoms with E-state index in [9.17, 15) is 9.18 Å². The van der Waals surface area contributed by atoms with Crippen LogP contribution in [0.15, 0.2) is 60.5 Å². The predicted molar refractivity (Wildman–Crippen MR) is 111 cm³/mol. The first-order valence-electron chi connectivity index (χ1n) is 9.31. The third kappa shape index (κ3) is 5.14. The lowest BCUT2D eigenvalue weighted by atomic mass is 9.85. The Labute approximate surface area is 174 Å². The molecule has 0 unspecified atom stereocenters. The van der Waals surface area contributed by atoms with E-state index < -0.39 is 5.82 Å². The van der Waals surface area contributed by atoms with Crippen LogP contribution in [0.2, 0.25) is 0 Å². The maximum absolute atomic E-state index is 14.4. The molecule has 0 bridgehead atoms. The Morgan fingerprint density at radius 1 is 1.30 bits per heavy atom. The van der Waals surface area contributed by atoms with E-state index in [1.165, 1.54) is 35.4 Å². The molecule has 0 radical (unpaired) electrons. The molecule has 2 N–H and O–H groups in total. The molecule has 30 heavy (non-hydrogen) atoms. The number of rotatable bonds is 4. The second-order valence-corrected chi connectivity index (χ2v) is 7.67. The van der Waals surface area contributed by atoms with E-state index in [0.29, 0.717) is 18.0 Å². The van der Waals surface area contributed by atoms with Crippen molar-refractivity contribution in [1.29, 1.82) is 5.26 Å². The lowest BCUT2D eigenvalue weighted by molar-refractivity contribution is 0.220. The molecule has 8 heteroatoms. The maximum Gasteiger partial charge on any atom is 0.340 e. The van der Waals surface area contributed by atoms with Crippen molar-refractivity contribution in [3.8, 4) is 17.6 Å². The monoisotopic (exact) mass is 407 g/mol. The van der Waals surface area contributed by atoms with Crippen LogP contribution in [-0.2, 0) is 0 Å². The van der Waals surface area contributed by atoms with Gasteiger partial charge < -0.3 is 4.74 Å². The van der Waals surface area contributed by atoms with Crippen LogP contribution in [0.5, 0.6) is 11.5 Å². The Hall–Kier alpha value is -3.86. The van der Waals surface area contributed by atoms with Gasteiger partial charge >= 0.3 is 6.03 Å². The van der Waals surface area contributed by atoms with E-state index in [0.717, 1.165) is 5.57 Å². The van der Waals surface area contributed by atoms with E-state index in [1.807, 2.05) is 18.2 Å². The van der Waals surface area contributed by atoms with Gasteiger partial charge in [0.1, 0.15) is 17.5 Å². The number of carbonyl (C=O) groups excluding carboxylic acids is 1. The summed E-state index contributed by atoms with van der Waals surface area (Å²) in [6, 6.07) is 8.66. The SMILES string of the molecule is CC(C)(C)C1=CCN(C(=O)NNc2ccc(Oc3ccnc(C#N)c3)c(F)c2)C=C1. The molecule has 154 valence electrons. The molecule has 0 aliphatic carbocycles. The highest BCUT2D eigenvalue weighted by Gasteiger charge is 2.19. The van der Waals surface area contributed by atoms with Crippen LogP contribution in [0.1, 0.15) is 26.5 Å². The first-order chi connectivity index (χ1) is 14.3. The normalized spacial score (nSPS) is 13.3. The quantitative estimate of drug-likeness (QED) is 0.716. The number of amides is 2. The zero-order chi connectivity index (χ0) is 21.7. The second kappa shape index (κ2) is 8.66. The molecule has 7 nitrogen and oxygen atoms in total. The summed E-state index contributed by atoms with van der Waals surface area (Å²) in [7, 11) is 0. The van der Waals surface area contributed by atoms with Crippen molar-refractivity contribution in [3.63, 3.8) is 0 Å². The summed E-state index contributed by atoms with van der Waals surface area (Å²) in [5.41, 5.74) is 6.93. The Kier molecular flexibility index (Phi) is 6.02. The minimum Gasteiger partial charge on any atom is -0.454 e. The van der Waals surface area contributed by atoms with Gasteiger partial charge in [-0.3, -0.25) is 15.8 Å². The summed E-state index contributed by atoms with van der Waals surface area (Å²) < 4.78 is 19.8. The summed E-state index contributed by atoms with van der Waals surface area (Å²) >= 11 is 0. The van der Waals surface area contributed by atoms with Crippen molar-refractivity contribution in [1.82, 2.24) is 15.3 Å². The summed E-state index contributed by atoms with van der Waals surface area (Å²) in [6.45, 7) is 6.78. The number of allylic oxidation sites excluding steroid dienone is 2. The molecule has 2 aromatic rings. The highest BCUT2D eigenvalue weighted by atomic mass is 19.1. The molecule has 1 aromatic heterocycles. The Bertz CT molecular complexity index is 1050. The Balaban J connectivity index is 1.57. The molecule has 3 rings (SSSR count). The topological polar surface area (TPSA) is 90.3 Å². The first kappa shape index (κ1) is 20.9. The van der Waals surface area contributed by atoms with E-state index in [2.05, 4.69) is 36.6 Å². The van der Waals surface area contributed by atoms with Crippen LogP contribution in [0, 0.1) is 22.6 Å². The van der Waals surface area contributed by atoms with Crippen LogP contribution < -0.4 is 15.6 Å². The maximum atomic E-state index is 14.4. The average Bonchev–Trinajstić information content (AvgIpc) is 2.73. The Morgan fingerprint density at radius 2 is 2.10 bits per heavy atom. The third-order valence-corrected chi connectivity index (χ3v) is 4.39. The zero-order valence-electron chi connectivity index (χ0n) is 16.9. The van der Waals surface area contributed by atoms with Gasteiger partial charge in [0, 0.05) is 31.1 Å². The lowest BCUT2D eigenvalue weighted by Crippen LogP contribution is -2.40. The van der Waals surface area contributed by atoms with Gasteiger partial charge in [0.2, 0.25) is 0 Å². The lowest BCUT2D eigenvalue weighted by Gasteiger charge is -2.27. The number of nitrogens with zero attached hydrogens (tertiary/aromatic N) is 3. The van der Waals surface area contributed by atoms with Gasteiger partial charge in [-0.2, -0.15) is 5.26 Å². The molecule has 1 aliphatic heterocycles. The van der Waals surface area contributed by atoms with Crippen molar-refractivity contribution in [2.75, 3.05) is 12.0 Å². The fraction of sp³-hybridized carbons (Fsp3) is 0.227. The van der Waals surface area contributed by atoms with Crippen molar-refractivity contribution < 1.29 is 13.9 Å². The highest BCUT2D eigenvalue weighted by molar-refractivity contribution is 5.77. The van der Waals surface area contributed by atoms with E-state index in [-0.39, 0.29) is 22.9 Å². The fourth-order valence-electron chi connectivity index (χ4n) is 2.72. The van der Waals surface area contributed by atoms with E-state index >= 15 is 0 Å². The number of pyridine rings is 1. The number of nitriles is 1. The minimum atomic E-state index is -0.625. The molecule has 0 spiro atoms. The molecule has 2 amide bonds. The van der Waals surface area contributed by atoms with Gasteiger partial charge in [-0.15, -0.1) is 0 Å². The molecular weight excluding hydrogens is 385 g/mol. The Morgan fingerprint density at radius 3 is 2.73 bits per heavy atom. The van der Waals surface area contributed by atoms with Gasteiger partial charge in [-0.25, -0.2) is 14.2 Å². The third-order valence-electron chi connectivity index (χ3n) is 4.39. The molecule has 1 aromatic carbocycles. The number of hydrogen-bond acceptors (Lipinski definition) is 5. The van der Waals surface area contributed by atoms with Crippen molar-refractivity contribution >= 4 is 11.7 Å². The molecule has 0 saturated carbocycles. The van der Waals surface area contributed by atoms with E-state index in [1.54, 1.807) is 12.3 Å². The summed E-state index contributed by atoms with van der Waals surface area (Å²) in [4.78, 5) is 17.6. The number of halogens is 1.